The van der Waals surface area contributed by atoms with Crippen LogP contribution in [-0.2, 0) is 14.3 Å². The number of methoxy groups -OCH3 is 1. The van der Waals surface area contributed by atoms with Crippen LogP contribution in [0.1, 0.15) is 0 Å². The van der Waals surface area contributed by atoms with Gasteiger partial charge in [0.25, 0.3) is 0 Å². The number of hydrogen-bond acceptors (Lipinski definition) is 8. The van der Waals surface area contributed by atoms with Crippen molar-refractivity contribution >= 4 is 6.21 Å². The van der Waals surface area contributed by atoms with E-state index in [0.717, 1.165) is 6.21 Å². The Kier molecular flexibility index (Phi) is 6.50. The molecule has 0 radical (unpaired) electrons. The molecule has 1 fully saturated rings. The quantitative estimate of drug-likeness (QED) is 0.138. The Labute approximate surface area is 108 Å². The number of ether oxygens (including phenoxy) is 2. The molecular formula is C9H16N4O6. The molecule has 0 aliphatic carbocycles. The van der Waals surface area contributed by atoms with E-state index in [1.807, 2.05) is 0 Å². The van der Waals surface area contributed by atoms with Gasteiger partial charge in [0.2, 0.25) is 0 Å². The lowest BCUT2D eigenvalue weighted by Crippen LogP contribution is -2.58. The van der Waals surface area contributed by atoms with Crippen LogP contribution in [0.5, 0.6) is 0 Å². The number of oxime groups is 1. The van der Waals surface area contributed by atoms with Gasteiger partial charge >= 0.3 is 0 Å². The van der Waals surface area contributed by atoms with E-state index in [1.54, 1.807) is 0 Å². The van der Waals surface area contributed by atoms with Crippen molar-refractivity contribution in [1.82, 2.24) is 0 Å². The Balaban J connectivity index is 2.47. The highest BCUT2D eigenvalue weighted by atomic mass is 16.7. The fourth-order valence-corrected chi connectivity index (χ4v) is 1.47. The average Bonchev–Trinajstić information content (AvgIpc) is 2.42. The van der Waals surface area contributed by atoms with Crippen LogP contribution < -0.4 is 0 Å². The van der Waals surface area contributed by atoms with Crippen LogP contribution in [0.4, 0.5) is 0 Å². The van der Waals surface area contributed by atoms with E-state index < -0.39 is 30.7 Å². The second-order valence-electron chi connectivity index (χ2n) is 3.72. The molecule has 1 aliphatic heterocycles. The monoisotopic (exact) mass is 276 g/mol. The van der Waals surface area contributed by atoms with Crippen molar-refractivity contribution in [2.24, 2.45) is 10.3 Å². The third-order valence-corrected chi connectivity index (χ3v) is 2.47. The van der Waals surface area contributed by atoms with E-state index in [9.17, 15) is 15.3 Å². The summed E-state index contributed by atoms with van der Waals surface area (Å²) in [6, 6.07) is 0. The van der Waals surface area contributed by atoms with Gasteiger partial charge in [-0.15, -0.1) is 0 Å². The molecule has 0 aromatic carbocycles. The molecule has 0 saturated carbocycles. The Morgan fingerprint density at radius 1 is 1.32 bits per heavy atom. The van der Waals surface area contributed by atoms with Gasteiger partial charge in [0, 0.05) is 12.0 Å². The zero-order chi connectivity index (χ0) is 14.3. The second kappa shape index (κ2) is 7.89. The van der Waals surface area contributed by atoms with Crippen LogP contribution >= 0.6 is 0 Å². The van der Waals surface area contributed by atoms with Crippen molar-refractivity contribution in [1.29, 1.82) is 0 Å². The van der Waals surface area contributed by atoms with Gasteiger partial charge in [0.15, 0.2) is 6.29 Å². The number of azide groups is 1. The summed E-state index contributed by atoms with van der Waals surface area (Å²) in [7, 11) is 1.29. The van der Waals surface area contributed by atoms with Gasteiger partial charge in [0.05, 0.1) is 12.8 Å². The lowest BCUT2D eigenvalue weighted by Gasteiger charge is -2.38. The van der Waals surface area contributed by atoms with E-state index in [0.29, 0.717) is 0 Å². The van der Waals surface area contributed by atoms with Crippen LogP contribution in [-0.4, -0.2) is 72.5 Å². The molecule has 0 aromatic rings. The van der Waals surface area contributed by atoms with E-state index in [4.69, 9.17) is 19.8 Å². The van der Waals surface area contributed by atoms with Gasteiger partial charge in [-0.2, -0.15) is 0 Å². The Morgan fingerprint density at radius 2 is 2.05 bits per heavy atom. The van der Waals surface area contributed by atoms with Crippen LogP contribution in [0.2, 0.25) is 0 Å². The smallest absolute Gasteiger partial charge is 0.186 e. The number of aliphatic hydroxyl groups excluding tert-OH is 3. The SMILES string of the molecule is CO[C@@H]1OC(/C=N\OCCN=[N+]=[N-])[C@H](O)[C@H](O)C1O. The highest BCUT2D eigenvalue weighted by Crippen LogP contribution is 2.20. The molecule has 2 unspecified atom stereocenters. The fraction of sp³-hybridized carbons (Fsp3) is 0.889. The number of rotatable bonds is 6. The first-order valence-corrected chi connectivity index (χ1v) is 5.50. The summed E-state index contributed by atoms with van der Waals surface area (Å²) in [4.78, 5) is 7.27. The molecule has 0 aromatic heterocycles. The minimum atomic E-state index is -1.42. The van der Waals surface area contributed by atoms with Gasteiger partial charge in [-0.3, -0.25) is 0 Å². The molecule has 10 nitrogen and oxygen atoms in total. The maximum atomic E-state index is 9.66. The molecule has 3 N–H and O–H groups in total. The zero-order valence-electron chi connectivity index (χ0n) is 10.2. The van der Waals surface area contributed by atoms with Crippen molar-refractivity contribution in [2.75, 3.05) is 20.3 Å². The predicted molar refractivity (Wildman–Crippen MR) is 62.1 cm³/mol. The third-order valence-electron chi connectivity index (χ3n) is 2.47. The van der Waals surface area contributed by atoms with Gasteiger partial charge in [-0.25, -0.2) is 0 Å². The number of hydrogen-bond donors (Lipinski definition) is 3. The summed E-state index contributed by atoms with van der Waals surface area (Å²) in [6.45, 7) is 0.187. The Morgan fingerprint density at radius 3 is 2.68 bits per heavy atom. The zero-order valence-corrected chi connectivity index (χ0v) is 10.2. The van der Waals surface area contributed by atoms with Crippen molar-refractivity contribution < 1.29 is 29.6 Å². The van der Waals surface area contributed by atoms with Crippen molar-refractivity contribution in [3.05, 3.63) is 10.4 Å². The standard InChI is InChI=1S/C9H16N4O6/c1-17-9-8(16)7(15)6(14)5(19-9)4-12-18-3-2-11-13-10/h4-9,14-16H,2-3H2,1H3/b12-4-/t5?,6-,7-,8?,9+/m0/s1. The van der Waals surface area contributed by atoms with E-state index in [-0.39, 0.29) is 13.2 Å². The molecule has 0 spiro atoms. The van der Waals surface area contributed by atoms with Crippen molar-refractivity contribution in [3.8, 4) is 0 Å². The van der Waals surface area contributed by atoms with E-state index in [2.05, 4.69) is 15.2 Å². The Bertz CT molecular complexity index is 346. The molecule has 1 saturated heterocycles. The maximum Gasteiger partial charge on any atom is 0.186 e. The van der Waals surface area contributed by atoms with Gasteiger partial charge in [-0.1, -0.05) is 10.3 Å². The van der Waals surface area contributed by atoms with E-state index in [1.165, 1.54) is 7.11 Å². The van der Waals surface area contributed by atoms with Crippen LogP contribution in [0.25, 0.3) is 10.4 Å². The first kappa shape index (κ1) is 15.6. The first-order chi connectivity index (χ1) is 9.11. The average molecular weight is 276 g/mol. The van der Waals surface area contributed by atoms with Crippen LogP contribution in [0.3, 0.4) is 0 Å². The lowest BCUT2D eigenvalue weighted by atomic mass is 10.00. The molecule has 1 heterocycles. The number of aliphatic hydroxyl groups is 3. The summed E-state index contributed by atoms with van der Waals surface area (Å²) in [5.74, 6) is 0. The summed E-state index contributed by atoms with van der Waals surface area (Å²) >= 11 is 0. The largest absolute Gasteiger partial charge is 0.396 e. The summed E-state index contributed by atoms with van der Waals surface area (Å²) in [6.07, 6.45) is -5.05. The highest BCUT2D eigenvalue weighted by Gasteiger charge is 2.43. The lowest BCUT2D eigenvalue weighted by molar-refractivity contribution is -0.274. The van der Waals surface area contributed by atoms with Gasteiger partial charge < -0.3 is 29.6 Å². The van der Waals surface area contributed by atoms with Crippen molar-refractivity contribution in [2.45, 2.75) is 30.7 Å². The third kappa shape index (κ3) is 4.31. The molecule has 108 valence electrons. The minimum Gasteiger partial charge on any atom is -0.396 e. The second-order valence-corrected chi connectivity index (χ2v) is 3.72. The molecular weight excluding hydrogens is 260 g/mol. The Hall–Kier alpha value is -1.42. The first-order valence-electron chi connectivity index (χ1n) is 5.50. The molecule has 0 amide bonds. The molecule has 10 heteroatoms. The van der Waals surface area contributed by atoms with Gasteiger partial charge in [0.1, 0.15) is 31.0 Å². The van der Waals surface area contributed by atoms with Crippen molar-refractivity contribution in [3.63, 3.8) is 0 Å². The number of nitrogens with zero attached hydrogens (tertiary/aromatic N) is 4. The fourth-order valence-electron chi connectivity index (χ4n) is 1.47. The topological polar surface area (TPSA) is 149 Å². The molecule has 1 rings (SSSR count). The van der Waals surface area contributed by atoms with Crippen LogP contribution in [0.15, 0.2) is 10.3 Å². The summed E-state index contributed by atoms with van der Waals surface area (Å²) in [5, 5.41) is 35.5. The van der Waals surface area contributed by atoms with E-state index >= 15 is 0 Å². The molecule has 19 heavy (non-hydrogen) atoms. The predicted octanol–water partition coefficient (Wildman–Crippen LogP) is -1.25. The summed E-state index contributed by atoms with van der Waals surface area (Å²) in [5.41, 5.74) is 8.02. The molecule has 0 bridgehead atoms. The highest BCUT2D eigenvalue weighted by molar-refractivity contribution is 5.63. The normalized spacial score (nSPS) is 35.1. The molecule has 1 aliphatic rings. The maximum absolute atomic E-state index is 9.66. The minimum absolute atomic E-state index is 0.0717. The summed E-state index contributed by atoms with van der Waals surface area (Å²) < 4.78 is 9.98. The van der Waals surface area contributed by atoms with Crippen LogP contribution in [0, 0.1) is 0 Å². The van der Waals surface area contributed by atoms with Gasteiger partial charge in [-0.05, 0) is 5.53 Å². The molecule has 5 atom stereocenters.